The summed E-state index contributed by atoms with van der Waals surface area (Å²) in [5, 5.41) is 2.79. The number of carbonyl (C=O) groups is 1. The number of pyridine rings is 1. The Hall–Kier alpha value is -2.61. The Labute approximate surface area is 154 Å². The highest BCUT2D eigenvalue weighted by atomic mass is 32.2. The zero-order valence-corrected chi connectivity index (χ0v) is 16.0. The Morgan fingerprint density at radius 1 is 1.04 bits per heavy atom. The summed E-state index contributed by atoms with van der Waals surface area (Å²) in [7, 11) is 0.344. The predicted molar refractivity (Wildman–Crippen MR) is 104 cm³/mol. The van der Waals surface area contributed by atoms with Crippen molar-refractivity contribution in [1.29, 1.82) is 0 Å². The van der Waals surface area contributed by atoms with Gasteiger partial charge in [-0.1, -0.05) is 0 Å². The van der Waals surface area contributed by atoms with E-state index in [4.69, 9.17) is 0 Å². The van der Waals surface area contributed by atoms with E-state index in [1.54, 1.807) is 24.5 Å². The summed E-state index contributed by atoms with van der Waals surface area (Å²) in [5.41, 5.74) is 2.45. The first-order valence-corrected chi connectivity index (χ1v) is 10.0. The number of hydrogen-bond acceptors (Lipinski definition) is 5. The van der Waals surface area contributed by atoms with E-state index in [-0.39, 0.29) is 18.9 Å². The van der Waals surface area contributed by atoms with Crippen LogP contribution in [0.3, 0.4) is 0 Å². The van der Waals surface area contributed by atoms with E-state index in [1.165, 1.54) is 4.31 Å². The number of benzene rings is 1. The molecule has 0 bridgehead atoms. The third-order valence-electron chi connectivity index (χ3n) is 3.84. The van der Waals surface area contributed by atoms with Gasteiger partial charge in [0.25, 0.3) is 0 Å². The lowest BCUT2D eigenvalue weighted by atomic mass is 10.2. The first-order valence-electron chi connectivity index (χ1n) is 8.18. The minimum absolute atomic E-state index is 0.0770. The topological polar surface area (TPSA) is 82.6 Å². The van der Waals surface area contributed by atoms with E-state index in [1.807, 2.05) is 43.3 Å². The van der Waals surface area contributed by atoms with Gasteiger partial charge < -0.3 is 10.2 Å². The van der Waals surface area contributed by atoms with E-state index < -0.39 is 10.0 Å². The number of carbonyl (C=O) groups excluding carboxylic acids is 1. The van der Waals surface area contributed by atoms with Crippen LogP contribution in [-0.4, -0.2) is 46.2 Å². The molecule has 2 aromatic rings. The average Bonchev–Trinajstić information content (AvgIpc) is 2.60. The molecule has 1 amide bonds. The molecule has 140 valence electrons. The van der Waals surface area contributed by atoms with Gasteiger partial charge in [0.2, 0.25) is 15.9 Å². The van der Waals surface area contributed by atoms with E-state index in [2.05, 4.69) is 10.3 Å². The smallest absolute Gasteiger partial charge is 0.232 e. The van der Waals surface area contributed by atoms with Crippen molar-refractivity contribution < 1.29 is 13.2 Å². The number of hydrogen-bond donors (Lipinski definition) is 1. The lowest BCUT2D eigenvalue weighted by molar-refractivity contribution is -0.121. The number of amides is 1. The third-order valence-corrected chi connectivity index (χ3v) is 5.03. The number of nitrogens with zero attached hydrogens (tertiary/aromatic N) is 3. The van der Waals surface area contributed by atoms with Crippen LogP contribution in [0.15, 0.2) is 48.8 Å². The molecule has 0 aliphatic rings. The second-order valence-corrected chi connectivity index (χ2v) is 8.03. The first-order chi connectivity index (χ1) is 12.3. The lowest BCUT2D eigenvalue weighted by Crippen LogP contribution is -2.34. The fourth-order valence-electron chi connectivity index (χ4n) is 2.40. The van der Waals surface area contributed by atoms with Crippen molar-refractivity contribution in [3.8, 4) is 0 Å². The monoisotopic (exact) mass is 376 g/mol. The van der Waals surface area contributed by atoms with E-state index in [0.29, 0.717) is 12.2 Å². The minimum Gasteiger partial charge on any atom is -0.378 e. The van der Waals surface area contributed by atoms with Crippen LogP contribution < -0.4 is 14.5 Å². The van der Waals surface area contributed by atoms with Gasteiger partial charge in [-0.05, 0) is 42.0 Å². The molecule has 0 saturated heterocycles. The van der Waals surface area contributed by atoms with Gasteiger partial charge >= 0.3 is 0 Å². The number of rotatable bonds is 8. The molecule has 1 aromatic heterocycles. The second-order valence-electron chi connectivity index (χ2n) is 6.13. The summed E-state index contributed by atoms with van der Waals surface area (Å²) >= 11 is 0. The highest BCUT2D eigenvalue weighted by molar-refractivity contribution is 7.92. The van der Waals surface area contributed by atoms with Crippen LogP contribution in [0.1, 0.15) is 12.0 Å². The van der Waals surface area contributed by atoms with Gasteiger partial charge in [-0.15, -0.1) is 0 Å². The Balaban J connectivity index is 1.99. The molecule has 0 aliphatic carbocycles. The van der Waals surface area contributed by atoms with Gasteiger partial charge in [-0.25, -0.2) is 8.42 Å². The summed E-state index contributed by atoms with van der Waals surface area (Å²) in [6.07, 6.45) is 4.53. The quantitative estimate of drug-likeness (QED) is 0.757. The third kappa shape index (κ3) is 5.73. The molecule has 1 N–H and O–H groups in total. The SMILES string of the molecule is CN(C)c1ccc(N(CCC(=O)NCc2ccncc2)S(C)(=O)=O)cc1. The van der Waals surface area contributed by atoms with Crippen molar-refractivity contribution in [2.75, 3.05) is 36.1 Å². The van der Waals surface area contributed by atoms with Gasteiger partial charge in [0.05, 0.1) is 11.9 Å². The fourth-order valence-corrected chi connectivity index (χ4v) is 3.32. The largest absolute Gasteiger partial charge is 0.378 e. The Morgan fingerprint density at radius 3 is 2.15 bits per heavy atom. The van der Waals surface area contributed by atoms with E-state index in [0.717, 1.165) is 17.5 Å². The van der Waals surface area contributed by atoms with Crippen LogP contribution in [0.25, 0.3) is 0 Å². The van der Waals surface area contributed by atoms with Crippen LogP contribution in [0.5, 0.6) is 0 Å². The van der Waals surface area contributed by atoms with Gasteiger partial charge in [0.15, 0.2) is 0 Å². The summed E-state index contributed by atoms with van der Waals surface area (Å²) in [6.45, 7) is 0.472. The first kappa shape index (κ1) is 19.7. The summed E-state index contributed by atoms with van der Waals surface area (Å²) in [6, 6.07) is 10.8. The molecule has 0 atom stereocenters. The molecule has 0 unspecified atom stereocenters. The van der Waals surface area contributed by atoms with Crippen LogP contribution in [0.4, 0.5) is 11.4 Å². The molecule has 0 spiro atoms. The number of nitrogens with one attached hydrogen (secondary N) is 1. The number of aromatic nitrogens is 1. The molecule has 1 heterocycles. The van der Waals surface area contributed by atoms with Gasteiger partial charge in [0.1, 0.15) is 0 Å². The summed E-state index contributed by atoms with van der Waals surface area (Å²) < 4.78 is 25.5. The normalized spacial score (nSPS) is 11.0. The van der Waals surface area contributed by atoms with Crippen molar-refractivity contribution in [2.24, 2.45) is 0 Å². The maximum atomic E-state index is 12.1. The van der Waals surface area contributed by atoms with Crippen LogP contribution in [0, 0.1) is 0 Å². The molecule has 0 aliphatic heterocycles. The summed E-state index contributed by atoms with van der Waals surface area (Å²) in [5.74, 6) is -0.208. The van der Waals surface area contributed by atoms with Crippen molar-refractivity contribution >= 4 is 27.3 Å². The molecule has 0 saturated carbocycles. The molecule has 8 heteroatoms. The minimum atomic E-state index is -3.48. The molecule has 7 nitrogen and oxygen atoms in total. The van der Waals surface area contributed by atoms with Gasteiger partial charge in [-0.3, -0.25) is 14.1 Å². The zero-order chi connectivity index (χ0) is 19.2. The maximum absolute atomic E-state index is 12.1. The van der Waals surface area contributed by atoms with Crippen molar-refractivity contribution in [2.45, 2.75) is 13.0 Å². The molecule has 0 radical (unpaired) electrons. The van der Waals surface area contributed by atoms with Crippen molar-refractivity contribution in [3.63, 3.8) is 0 Å². The zero-order valence-electron chi connectivity index (χ0n) is 15.2. The lowest BCUT2D eigenvalue weighted by Gasteiger charge is -2.23. The Bertz CT molecular complexity index is 821. The van der Waals surface area contributed by atoms with Crippen molar-refractivity contribution in [1.82, 2.24) is 10.3 Å². The van der Waals surface area contributed by atoms with E-state index in [9.17, 15) is 13.2 Å². The van der Waals surface area contributed by atoms with Crippen LogP contribution in [-0.2, 0) is 21.4 Å². The molecular weight excluding hydrogens is 352 g/mol. The van der Waals surface area contributed by atoms with Crippen LogP contribution >= 0.6 is 0 Å². The molecule has 0 fully saturated rings. The molecule has 26 heavy (non-hydrogen) atoms. The molecular formula is C18H24N4O3S. The maximum Gasteiger partial charge on any atom is 0.232 e. The predicted octanol–water partition coefficient (Wildman–Crippen LogP) is 1.62. The fraction of sp³-hybridized carbons (Fsp3) is 0.333. The molecule has 2 rings (SSSR count). The second kappa shape index (κ2) is 8.66. The highest BCUT2D eigenvalue weighted by Crippen LogP contribution is 2.21. The van der Waals surface area contributed by atoms with Gasteiger partial charge in [0, 0.05) is 51.7 Å². The average molecular weight is 376 g/mol. The number of anilines is 2. The van der Waals surface area contributed by atoms with Gasteiger partial charge in [-0.2, -0.15) is 0 Å². The number of sulfonamides is 1. The summed E-state index contributed by atoms with van der Waals surface area (Å²) in [4.78, 5) is 17.9. The standard InChI is InChI=1S/C18H24N4O3S/c1-21(2)16-4-6-17(7-5-16)22(26(3,24)25)13-10-18(23)20-14-15-8-11-19-12-9-15/h4-9,11-12H,10,13-14H2,1-3H3,(H,20,23). The van der Waals surface area contributed by atoms with Crippen LogP contribution in [0.2, 0.25) is 0 Å². The molecule has 1 aromatic carbocycles. The Morgan fingerprint density at radius 2 is 1.62 bits per heavy atom. The highest BCUT2D eigenvalue weighted by Gasteiger charge is 2.18. The van der Waals surface area contributed by atoms with Crippen molar-refractivity contribution in [3.05, 3.63) is 54.4 Å². The Kier molecular flexibility index (Phi) is 6.57. The van der Waals surface area contributed by atoms with E-state index >= 15 is 0 Å².